The van der Waals surface area contributed by atoms with Crippen molar-refractivity contribution in [3.63, 3.8) is 0 Å². The number of carbonyl (C=O) groups excluding carboxylic acids is 3. The van der Waals surface area contributed by atoms with Gasteiger partial charge in [-0.25, -0.2) is 0 Å². The van der Waals surface area contributed by atoms with Crippen molar-refractivity contribution in [2.45, 2.75) is 40.1 Å². The molecular formula is C26H30BrClN2O5S. The zero-order chi connectivity index (χ0) is 26.0. The van der Waals surface area contributed by atoms with E-state index in [1.54, 1.807) is 58.0 Å². The summed E-state index contributed by atoms with van der Waals surface area (Å²) >= 11 is 11.4. The second-order valence-electron chi connectivity index (χ2n) is 9.23. The van der Waals surface area contributed by atoms with Gasteiger partial charge in [-0.05, 0) is 43.5 Å². The third-order valence-corrected chi connectivity index (χ3v) is 10.6. The van der Waals surface area contributed by atoms with Crippen LogP contribution in [-0.4, -0.2) is 75.0 Å². The van der Waals surface area contributed by atoms with Crippen LogP contribution in [0.25, 0.3) is 0 Å². The summed E-state index contributed by atoms with van der Waals surface area (Å²) in [6.07, 6.45) is 4.75. The second kappa shape index (κ2) is 11.3. The summed E-state index contributed by atoms with van der Waals surface area (Å²) in [6.45, 7) is 8.04. The quantitative estimate of drug-likeness (QED) is 0.181. The summed E-state index contributed by atoms with van der Waals surface area (Å²) in [5, 5.41) is 9.89. The summed E-state index contributed by atoms with van der Waals surface area (Å²) in [6, 6.07) is 6.16. The van der Waals surface area contributed by atoms with Crippen LogP contribution < -0.4 is 4.90 Å². The van der Waals surface area contributed by atoms with Gasteiger partial charge in [-0.1, -0.05) is 39.7 Å². The number of hydrogen-bond donors (Lipinski definition) is 1. The Kier molecular flexibility index (Phi) is 8.54. The summed E-state index contributed by atoms with van der Waals surface area (Å²) in [5.74, 6) is -2.19. The van der Waals surface area contributed by atoms with Crippen LogP contribution in [0.5, 0.6) is 0 Å². The van der Waals surface area contributed by atoms with Gasteiger partial charge in [-0.3, -0.25) is 14.4 Å². The standard InChI is InChI=1S/C26H30BrClN2O5S/c1-3-5-14-35-25(34)19-20-23(32)30(12-6-13-31)22(26(20)15-18(27)21(19)36-26)24(33)29(11-4-2)17-9-7-16(28)8-10-17/h3-4,7-10,18-22,31H,1-2,5-6,11-15H2/t18?,19-,20+,21-,22?,26?/m1/s1. The number of ether oxygens (including phenoxy) is 1. The molecule has 6 atom stereocenters. The topological polar surface area (TPSA) is 87.2 Å². The number of hydrogen-bond acceptors (Lipinski definition) is 6. The highest BCUT2D eigenvalue weighted by Crippen LogP contribution is 2.68. The number of aliphatic hydroxyl groups excluding tert-OH is 1. The molecule has 10 heteroatoms. The van der Waals surface area contributed by atoms with Crippen LogP contribution in [-0.2, 0) is 19.1 Å². The van der Waals surface area contributed by atoms with Crippen molar-refractivity contribution in [3.8, 4) is 0 Å². The number of likely N-dealkylation sites (tertiary alicyclic amines) is 1. The van der Waals surface area contributed by atoms with Gasteiger partial charge in [0.25, 0.3) is 5.91 Å². The molecule has 3 aliphatic heterocycles. The first-order valence-electron chi connectivity index (χ1n) is 12.0. The van der Waals surface area contributed by atoms with Crippen LogP contribution in [0.2, 0.25) is 5.02 Å². The molecule has 1 aromatic rings. The van der Waals surface area contributed by atoms with Crippen molar-refractivity contribution in [2.75, 3.05) is 31.2 Å². The molecule has 0 saturated carbocycles. The fourth-order valence-electron chi connectivity index (χ4n) is 5.72. The molecule has 1 aromatic carbocycles. The number of fused-ring (bicyclic) bond motifs is 1. The lowest BCUT2D eigenvalue weighted by atomic mass is 9.71. The van der Waals surface area contributed by atoms with Crippen LogP contribution in [0.15, 0.2) is 49.6 Å². The van der Waals surface area contributed by atoms with Crippen molar-refractivity contribution in [2.24, 2.45) is 11.8 Å². The SMILES string of the molecule is C=CCCOC(=O)[C@H]1[C@@H]2SC3(CC2Br)C(C(=O)N(CC=C)c2ccc(Cl)cc2)N(CCCO)C(=O)[C@H]13. The molecule has 2 amide bonds. The number of carbonyl (C=O) groups is 3. The third kappa shape index (κ3) is 4.64. The van der Waals surface area contributed by atoms with Gasteiger partial charge in [0.1, 0.15) is 6.04 Å². The van der Waals surface area contributed by atoms with E-state index in [0.29, 0.717) is 30.0 Å². The number of amides is 2. The highest BCUT2D eigenvalue weighted by Gasteiger charge is 2.76. The Morgan fingerprint density at radius 1 is 1.31 bits per heavy atom. The molecule has 1 N–H and O–H groups in total. The second-order valence-corrected chi connectivity index (χ2v) is 12.4. The molecular weight excluding hydrogens is 568 g/mol. The van der Waals surface area contributed by atoms with Crippen LogP contribution >= 0.6 is 39.3 Å². The zero-order valence-corrected chi connectivity index (χ0v) is 23.0. The van der Waals surface area contributed by atoms with E-state index >= 15 is 0 Å². The molecule has 3 saturated heterocycles. The minimum atomic E-state index is -0.793. The minimum absolute atomic E-state index is 0.0417. The number of thioether (sulfide) groups is 1. The van der Waals surface area contributed by atoms with Gasteiger partial charge in [0.05, 0.1) is 23.2 Å². The average molecular weight is 598 g/mol. The van der Waals surface area contributed by atoms with E-state index in [1.807, 2.05) is 0 Å². The first-order valence-corrected chi connectivity index (χ1v) is 14.2. The fourth-order valence-corrected chi connectivity index (χ4v) is 9.44. The molecule has 0 aliphatic carbocycles. The predicted molar refractivity (Wildman–Crippen MR) is 145 cm³/mol. The monoisotopic (exact) mass is 596 g/mol. The summed E-state index contributed by atoms with van der Waals surface area (Å²) in [7, 11) is 0. The van der Waals surface area contributed by atoms with E-state index in [1.165, 1.54) is 0 Å². The molecule has 36 heavy (non-hydrogen) atoms. The molecule has 194 valence electrons. The number of benzene rings is 1. The number of nitrogens with zero attached hydrogens (tertiary/aromatic N) is 2. The van der Waals surface area contributed by atoms with Crippen LogP contribution in [0.4, 0.5) is 5.69 Å². The first-order chi connectivity index (χ1) is 17.3. The molecule has 3 unspecified atom stereocenters. The van der Waals surface area contributed by atoms with Gasteiger partial charge < -0.3 is 19.6 Å². The number of rotatable bonds is 11. The van der Waals surface area contributed by atoms with E-state index in [-0.39, 0.29) is 48.2 Å². The van der Waals surface area contributed by atoms with Crippen molar-refractivity contribution < 1.29 is 24.2 Å². The Labute approximate surface area is 229 Å². The molecule has 2 bridgehead atoms. The van der Waals surface area contributed by atoms with Crippen LogP contribution in [0, 0.1) is 11.8 Å². The summed E-state index contributed by atoms with van der Waals surface area (Å²) in [5.41, 5.74) is 0.645. The average Bonchev–Trinajstić information content (AvgIpc) is 3.45. The molecule has 7 nitrogen and oxygen atoms in total. The van der Waals surface area contributed by atoms with Crippen LogP contribution in [0.1, 0.15) is 19.3 Å². The number of alkyl halides is 1. The molecule has 4 rings (SSSR count). The normalized spacial score (nSPS) is 30.2. The maximum absolute atomic E-state index is 14.3. The van der Waals surface area contributed by atoms with Gasteiger partial charge in [-0.15, -0.1) is 24.9 Å². The van der Waals surface area contributed by atoms with Gasteiger partial charge in [-0.2, -0.15) is 0 Å². The van der Waals surface area contributed by atoms with E-state index in [4.69, 9.17) is 16.3 Å². The molecule has 1 spiro atoms. The molecule has 3 aliphatic rings. The van der Waals surface area contributed by atoms with E-state index < -0.39 is 28.6 Å². The van der Waals surface area contributed by atoms with E-state index in [2.05, 4.69) is 29.1 Å². The van der Waals surface area contributed by atoms with Gasteiger partial charge in [0.15, 0.2) is 0 Å². The smallest absolute Gasteiger partial charge is 0.310 e. The molecule has 0 radical (unpaired) electrons. The third-order valence-electron chi connectivity index (χ3n) is 7.13. The Bertz CT molecular complexity index is 1040. The molecule has 3 heterocycles. The van der Waals surface area contributed by atoms with Crippen molar-refractivity contribution in [3.05, 3.63) is 54.6 Å². The number of esters is 1. The minimum Gasteiger partial charge on any atom is -0.465 e. The van der Waals surface area contributed by atoms with E-state index in [0.717, 1.165) is 0 Å². The molecule has 3 fully saturated rings. The van der Waals surface area contributed by atoms with Crippen LogP contribution in [0.3, 0.4) is 0 Å². The lowest BCUT2D eigenvalue weighted by Gasteiger charge is -2.37. The lowest BCUT2D eigenvalue weighted by Crippen LogP contribution is -2.55. The highest BCUT2D eigenvalue weighted by atomic mass is 79.9. The summed E-state index contributed by atoms with van der Waals surface area (Å²) in [4.78, 5) is 44.5. The van der Waals surface area contributed by atoms with Gasteiger partial charge in [0.2, 0.25) is 5.91 Å². The van der Waals surface area contributed by atoms with E-state index in [9.17, 15) is 19.5 Å². The summed E-state index contributed by atoms with van der Waals surface area (Å²) < 4.78 is 4.74. The predicted octanol–water partition coefficient (Wildman–Crippen LogP) is 3.83. The van der Waals surface area contributed by atoms with Gasteiger partial charge >= 0.3 is 5.97 Å². The Morgan fingerprint density at radius 3 is 2.67 bits per heavy atom. The zero-order valence-electron chi connectivity index (χ0n) is 19.9. The number of aliphatic hydroxyl groups is 1. The lowest BCUT2D eigenvalue weighted by molar-refractivity contribution is -0.154. The van der Waals surface area contributed by atoms with Gasteiger partial charge in [0, 0.05) is 40.5 Å². The fraction of sp³-hybridized carbons (Fsp3) is 0.500. The maximum atomic E-state index is 14.3. The van der Waals surface area contributed by atoms with Crippen molar-refractivity contribution in [1.29, 1.82) is 0 Å². The number of halogens is 2. The maximum Gasteiger partial charge on any atom is 0.310 e. The Balaban J connectivity index is 1.74. The first kappa shape index (κ1) is 27.2. The number of anilines is 1. The van der Waals surface area contributed by atoms with Crippen molar-refractivity contribution in [1.82, 2.24) is 4.90 Å². The molecule has 0 aromatic heterocycles. The largest absolute Gasteiger partial charge is 0.465 e. The highest BCUT2D eigenvalue weighted by molar-refractivity contribution is 9.09. The Morgan fingerprint density at radius 2 is 2.03 bits per heavy atom. The Hall–Kier alpha value is -1.81. The van der Waals surface area contributed by atoms with Crippen molar-refractivity contribution >= 4 is 62.8 Å².